The summed E-state index contributed by atoms with van der Waals surface area (Å²) in [5.74, 6) is 0.0722. The van der Waals surface area contributed by atoms with Gasteiger partial charge in [-0.05, 0) is 59.0 Å². The first-order valence-electron chi connectivity index (χ1n) is 10.4. The number of benzene rings is 3. The smallest absolute Gasteiger partial charge is 0.344 e. The Morgan fingerprint density at radius 3 is 2.67 bits per heavy atom. The van der Waals surface area contributed by atoms with Gasteiger partial charge < -0.3 is 9.47 Å². The van der Waals surface area contributed by atoms with Crippen molar-refractivity contribution in [2.45, 2.75) is 13.3 Å². The summed E-state index contributed by atoms with van der Waals surface area (Å²) in [6, 6.07) is 22.1. The van der Waals surface area contributed by atoms with E-state index in [1.165, 1.54) is 17.6 Å². The van der Waals surface area contributed by atoms with Gasteiger partial charge in [-0.2, -0.15) is 5.10 Å². The quantitative estimate of drug-likeness (QED) is 0.170. The summed E-state index contributed by atoms with van der Waals surface area (Å²) in [5.41, 5.74) is 3.69. The van der Waals surface area contributed by atoms with Gasteiger partial charge in [0.25, 0.3) is 0 Å². The van der Waals surface area contributed by atoms with E-state index >= 15 is 0 Å². The first-order chi connectivity index (χ1) is 16.1. The zero-order valence-corrected chi connectivity index (χ0v) is 18.8. The number of nitrogens with zero attached hydrogens (tertiary/aromatic N) is 1. The maximum Gasteiger partial charge on any atom is 0.344 e. The van der Waals surface area contributed by atoms with E-state index in [1.54, 1.807) is 24.3 Å². The number of ether oxygens (including phenoxy) is 2. The van der Waals surface area contributed by atoms with Crippen molar-refractivity contribution >= 4 is 40.2 Å². The zero-order valence-electron chi connectivity index (χ0n) is 18.0. The summed E-state index contributed by atoms with van der Waals surface area (Å²) in [7, 11) is 0. The van der Waals surface area contributed by atoms with Gasteiger partial charge >= 0.3 is 5.97 Å². The van der Waals surface area contributed by atoms with Crippen molar-refractivity contribution < 1.29 is 19.1 Å². The number of carbonyl (C=O) groups is 2. The Morgan fingerprint density at radius 1 is 1.00 bits per heavy atom. The van der Waals surface area contributed by atoms with E-state index in [-0.39, 0.29) is 12.3 Å². The molecule has 0 aliphatic carbocycles. The molecule has 0 aliphatic heterocycles. The fourth-order valence-corrected chi connectivity index (χ4v) is 4.01. The fourth-order valence-electron chi connectivity index (χ4n) is 3.31. The number of thiophene rings is 1. The summed E-state index contributed by atoms with van der Waals surface area (Å²) in [5, 5.41) is 7.73. The average Bonchev–Trinajstić information content (AvgIpc) is 3.33. The lowest BCUT2D eigenvalue weighted by Crippen LogP contribution is -2.19. The van der Waals surface area contributed by atoms with Crippen molar-refractivity contribution in [3.05, 3.63) is 94.2 Å². The number of hydrogen-bond acceptors (Lipinski definition) is 6. The molecular weight excluding hydrogens is 436 g/mol. The first kappa shape index (κ1) is 22.2. The molecule has 1 N–H and O–H groups in total. The van der Waals surface area contributed by atoms with Gasteiger partial charge in [0, 0.05) is 4.88 Å². The molecule has 0 atom stereocenters. The third-order valence-corrected chi connectivity index (χ3v) is 5.67. The number of hydrazone groups is 1. The Hall–Kier alpha value is -3.97. The minimum atomic E-state index is -0.463. The van der Waals surface area contributed by atoms with Gasteiger partial charge in [-0.15, -0.1) is 11.3 Å². The van der Waals surface area contributed by atoms with E-state index < -0.39 is 5.97 Å². The van der Waals surface area contributed by atoms with Crippen molar-refractivity contribution in [3.63, 3.8) is 0 Å². The second-order valence-corrected chi connectivity index (χ2v) is 8.14. The summed E-state index contributed by atoms with van der Waals surface area (Å²) in [4.78, 5) is 25.8. The Morgan fingerprint density at radius 2 is 1.85 bits per heavy atom. The van der Waals surface area contributed by atoms with Crippen LogP contribution in [-0.4, -0.2) is 24.7 Å². The van der Waals surface area contributed by atoms with Gasteiger partial charge in [0.1, 0.15) is 0 Å². The SMILES string of the molecule is CCOc1cc(C=NNC(=O)Cc2cccs2)ccc1OC(=O)c1cccc2ccccc12. The molecule has 0 saturated carbocycles. The van der Waals surface area contributed by atoms with E-state index in [4.69, 9.17) is 9.47 Å². The van der Waals surface area contributed by atoms with Crippen LogP contribution in [0.15, 0.2) is 83.3 Å². The molecule has 0 bridgehead atoms. The molecule has 7 heteroatoms. The van der Waals surface area contributed by atoms with Gasteiger partial charge in [0.2, 0.25) is 5.91 Å². The maximum atomic E-state index is 12.9. The van der Waals surface area contributed by atoms with Gasteiger partial charge in [-0.1, -0.05) is 42.5 Å². The van der Waals surface area contributed by atoms with Crippen LogP contribution in [-0.2, 0) is 11.2 Å². The molecular formula is C26H22N2O4S. The summed E-state index contributed by atoms with van der Waals surface area (Å²) >= 11 is 1.52. The highest BCUT2D eigenvalue weighted by Gasteiger charge is 2.15. The van der Waals surface area contributed by atoms with Crippen LogP contribution < -0.4 is 14.9 Å². The number of rotatable bonds is 8. The van der Waals surface area contributed by atoms with Crippen molar-refractivity contribution in [2.75, 3.05) is 6.61 Å². The summed E-state index contributed by atoms with van der Waals surface area (Å²) < 4.78 is 11.3. The average molecular weight is 459 g/mol. The predicted octanol–water partition coefficient (Wildman–Crippen LogP) is 5.21. The number of fused-ring (bicyclic) bond motifs is 1. The van der Waals surface area contributed by atoms with Gasteiger partial charge in [0.15, 0.2) is 11.5 Å². The van der Waals surface area contributed by atoms with E-state index in [0.717, 1.165) is 15.6 Å². The lowest BCUT2D eigenvalue weighted by molar-refractivity contribution is -0.120. The molecule has 1 aromatic heterocycles. The van der Waals surface area contributed by atoms with Crippen LogP contribution in [0.25, 0.3) is 10.8 Å². The van der Waals surface area contributed by atoms with Crippen molar-refractivity contribution in [3.8, 4) is 11.5 Å². The number of hydrogen-bond donors (Lipinski definition) is 1. The van der Waals surface area contributed by atoms with E-state index in [2.05, 4.69) is 10.5 Å². The molecule has 166 valence electrons. The highest BCUT2D eigenvalue weighted by molar-refractivity contribution is 7.10. The minimum absolute atomic E-state index is 0.195. The van der Waals surface area contributed by atoms with E-state index in [0.29, 0.717) is 29.2 Å². The molecule has 0 aliphatic rings. The predicted molar refractivity (Wildman–Crippen MR) is 130 cm³/mol. The molecule has 33 heavy (non-hydrogen) atoms. The molecule has 1 heterocycles. The number of nitrogens with one attached hydrogen (secondary N) is 1. The molecule has 0 saturated heterocycles. The molecule has 0 unspecified atom stereocenters. The van der Waals surface area contributed by atoms with Crippen LogP contribution in [0.3, 0.4) is 0 Å². The van der Waals surface area contributed by atoms with Crippen LogP contribution >= 0.6 is 11.3 Å². The lowest BCUT2D eigenvalue weighted by atomic mass is 10.0. The van der Waals surface area contributed by atoms with Gasteiger partial charge in [-0.3, -0.25) is 4.79 Å². The topological polar surface area (TPSA) is 77.0 Å². The van der Waals surface area contributed by atoms with Crippen molar-refractivity contribution in [2.24, 2.45) is 5.10 Å². The van der Waals surface area contributed by atoms with Gasteiger partial charge in [-0.25, -0.2) is 10.2 Å². The lowest BCUT2D eigenvalue weighted by Gasteiger charge is -2.12. The minimum Gasteiger partial charge on any atom is -0.490 e. The number of amides is 1. The molecule has 0 fully saturated rings. The second kappa shape index (κ2) is 10.6. The third-order valence-electron chi connectivity index (χ3n) is 4.80. The Balaban J connectivity index is 1.47. The Kier molecular flexibility index (Phi) is 7.12. The highest BCUT2D eigenvalue weighted by Crippen LogP contribution is 2.30. The maximum absolute atomic E-state index is 12.9. The van der Waals surface area contributed by atoms with Crippen molar-refractivity contribution in [1.29, 1.82) is 0 Å². The fraction of sp³-hybridized carbons (Fsp3) is 0.115. The number of carbonyl (C=O) groups excluding carboxylic acids is 2. The third kappa shape index (κ3) is 5.64. The van der Waals surface area contributed by atoms with Crippen LogP contribution in [0, 0.1) is 0 Å². The van der Waals surface area contributed by atoms with Crippen LogP contribution in [0.2, 0.25) is 0 Å². The molecule has 4 aromatic rings. The Bertz CT molecular complexity index is 1290. The van der Waals surface area contributed by atoms with Crippen LogP contribution in [0.4, 0.5) is 0 Å². The standard InChI is InChI=1S/C26H22N2O4S/c1-2-31-24-15-18(17-27-28-25(29)16-20-9-6-14-33-20)12-13-23(24)32-26(30)22-11-5-8-19-7-3-4-10-21(19)22/h3-15,17H,2,16H2,1H3,(H,28,29). The molecule has 6 nitrogen and oxygen atoms in total. The summed E-state index contributed by atoms with van der Waals surface area (Å²) in [6.45, 7) is 2.25. The summed E-state index contributed by atoms with van der Waals surface area (Å²) in [6.07, 6.45) is 1.80. The van der Waals surface area contributed by atoms with E-state index in [9.17, 15) is 9.59 Å². The molecule has 0 radical (unpaired) electrons. The van der Waals surface area contributed by atoms with Crippen LogP contribution in [0.5, 0.6) is 11.5 Å². The Labute approximate surface area is 195 Å². The van der Waals surface area contributed by atoms with Crippen LogP contribution in [0.1, 0.15) is 27.7 Å². The highest BCUT2D eigenvalue weighted by atomic mass is 32.1. The van der Waals surface area contributed by atoms with E-state index in [1.807, 2.05) is 60.8 Å². The second-order valence-electron chi connectivity index (χ2n) is 7.10. The monoisotopic (exact) mass is 458 g/mol. The largest absolute Gasteiger partial charge is 0.490 e. The van der Waals surface area contributed by atoms with Gasteiger partial charge in [0.05, 0.1) is 24.8 Å². The molecule has 4 rings (SSSR count). The van der Waals surface area contributed by atoms with Crippen molar-refractivity contribution in [1.82, 2.24) is 5.43 Å². The first-order valence-corrected chi connectivity index (χ1v) is 11.3. The molecule has 0 spiro atoms. The zero-order chi connectivity index (χ0) is 23.0. The molecule has 1 amide bonds. The normalized spacial score (nSPS) is 10.9. The number of esters is 1. The molecule has 3 aromatic carbocycles.